The van der Waals surface area contributed by atoms with Crippen LogP contribution in [0, 0.1) is 0 Å². The number of aromatic nitrogens is 2. The molecule has 1 saturated heterocycles. The van der Waals surface area contributed by atoms with Gasteiger partial charge in [-0.1, -0.05) is 6.07 Å². The van der Waals surface area contributed by atoms with E-state index >= 15 is 0 Å². The van der Waals surface area contributed by atoms with Crippen LogP contribution in [0.15, 0.2) is 18.2 Å². The first kappa shape index (κ1) is 17.5. The Morgan fingerprint density at radius 2 is 1.93 bits per heavy atom. The van der Waals surface area contributed by atoms with E-state index in [9.17, 15) is 0 Å². The van der Waals surface area contributed by atoms with Crippen LogP contribution in [0.25, 0.3) is 0 Å². The molecule has 1 unspecified atom stereocenters. The minimum Gasteiger partial charge on any atom is -0.493 e. The molecular formula is C18H24N6O3. The summed E-state index contributed by atoms with van der Waals surface area (Å²) in [5.74, 6) is 3.19. The largest absolute Gasteiger partial charge is 0.493 e. The molecule has 0 radical (unpaired) electrons. The van der Waals surface area contributed by atoms with Gasteiger partial charge in [-0.25, -0.2) is 0 Å². The fourth-order valence-electron chi connectivity index (χ4n) is 3.43. The molecule has 4 N–H and O–H groups in total. The van der Waals surface area contributed by atoms with E-state index in [4.69, 9.17) is 19.9 Å². The molecule has 9 heteroatoms. The minimum absolute atomic E-state index is 0.0318. The van der Waals surface area contributed by atoms with Gasteiger partial charge in [0.15, 0.2) is 23.1 Å². The monoisotopic (exact) mass is 372 g/mol. The van der Waals surface area contributed by atoms with Gasteiger partial charge in [0.25, 0.3) is 0 Å². The number of anilines is 4. The van der Waals surface area contributed by atoms with Crippen molar-refractivity contribution in [2.75, 3.05) is 68.3 Å². The predicted molar refractivity (Wildman–Crippen MR) is 104 cm³/mol. The first-order chi connectivity index (χ1) is 13.2. The molecule has 0 bridgehead atoms. The maximum absolute atomic E-state index is 5.93. The third-order valence-corrected chi connectivity index (χ3v) is 4.82. The molecule has 1 fully saturated rings. The van der Waals surface area contributed by atoms with Crippen molar-refractivity contribution < 1.29 is 14.2 Å². The maximum atomic E-state index is 5.93. The zero-order valence-corrected chi connectivity index (χ0v) is 15.5. The first-order valence-corrected chi connectivity index (χ1v) is 8.92. The fourth-order valence-corrected chi connectivity index (χ4v) is 3.43. The average Bonchev–Trinajstić information content (AvgIpc) is 2.73. The standard InChI is InChI=1S/C18H24N6O3/c1-25-13-4-3-11(9-14(13)26-2)12-10-20-16-15(21-12)17(23-18(19)22-16)24-5-7-27-8-6-24/h3-4,9,12,21H,5-8,10H2,1-2H3,(H3,19,20,22,23). The van der Waals surface area contributed by atoms with Crippen LogP contribution in [0.5, 0.6) is 11.5 Å². The zero-order chi connectivity index (χ0) is 18.8. The highest BCUT2D eigenvalue weighted by Gasteiger charge is 2.27. The normalized spacial score (nSPS) is 18.9. The number of nitrogens with one attached hydrogen (secondary N) is 2. The Morgan fingerprint density at radius 1 is 1.15 bits per heavy atom. The van der Waals surface area contributed by atoms with Gasteiger partial charge in [0, 0.05) is 19.6 Å². The van der Waals surface area contributed by atoms with Crippen molar-refractivity contribution in [3.8, 4) is 11.5 Å². The number of nitrogen functional groups attached to an aromatic ring is 1. The molecule has 2 aliphatic heterocycles. The Bertz CT molecular complexity index is 825. The number of methoxy groups -OCH3 is 2. The molecule has 1 atom stereocenters. The Morgan fingerprint density at radius 3 is 2.67 bits per heavy atom. The smallest absolute Gasteiger partial charge is 0.224 e. The minimum atomic E-state index is 0.0318. The first-order valence-electron chi connectivity index (χ1n) is 8.92. The second-order valence-corrected chi connectivity index (χ2v) is 6.42. The van der Waals surface area contributed by atoms with E-state index in [1.165, 1.54) is 0 Å². The number of nitrogens with zero attached hydrogens (tertiary/aromatic N) is 3. The van der Waals surface area contributed by atoms with E-state index < -0.39 is 0 Å². The van der Waals surface area contributed by atoms with Crippen LogP contribution in [0.4, 0.5) is 23.3 Å². The number of morpholine rings is 1. The number of fused-ring (bicyclic) bond motifs is 1. The SMILES string of the molecule is COc1ccc(C2CNc3nc(N)nc(N4CCOCC4)c3N2)cc1OC. The van der Waals surface area contributed by atoms with Crippen LogP contribution in [0.2, 0.25) is 0 Å². The lowest BCUT2D eigenvalue weighted by atomic mass is 10.0. The molecule has 4 rings (SSSR count). The van der Waals surface area contributed by atoms with Gasteiger partial charge in [-0.15, -0.1) is 0 Å². The van der Waals surface area contributed by atoms with Gasteiger partial charge in [0.05, 0.1) is 33.5 Å². The molecule has 0 saturated carbocycles. The molecule has 0 spiro atoms. The van der Waals surface area contributed by atoms with E-state index in [0.717, 1.165) is 36.0 Å². The predicted octanol–water partition coefficient (Wildman–Crippen LogP) is 1.49. The topological polar surface area (TPSA) is 107 Å². The summed E-state index contributed by atoms with van der Waals surface area (Å²) in [6.07, 6.45) is 0. The highest BCUT2D eigenvalue weighted by molar-refractivity contribution is 5.81. The summed E-state index contributed by atoms with van der Waals surface area (Å²) in [5, 5.41) is 6.95. The van der Waals surface area contributed by atoms with Crippen LogP contribution in [0.1, 0.15) is 11.6 Å². The average molecular weight is 372 g/mol. The van der Waals surface area contributed by atoms with Crippen LogP contribution in [0.3, 0.4) is 0 Å². The summed E-state index contributed by atoms with van der Waals surface area (Å²) in [5.41, 5.74) is 7.86. The molecule has 1 aromatic carbocycles. The van der Waals surface area contributed by atoms with Gasteiger partial charge >= 0.3 is 0 Å². The number of hydrogen-bond acceptors (Lipinski definition) is 9. The molecular weight excluding hydrogens is 348 g/mol. The number of benzene rings is 1. The summed E-state index contributed by atoms with van der Waals surface area (Å²) in [7, 11) is 3.27. The fraction of sp³-hybridized carbons (Fsp3) is 0.444. The molecule has 2 aromatic rings. The van der Waals surface area contributed by atoms with E-state index in [1.807, 2.05) is 18.2 Å². The Balaban J connectivity index is 1.66. The third kappa shape index (κ3) is 3.37. The zero-order valence-electron chi connectivity index (χ0n) is 15.5. The van der Waals surface area contributed by atoms with Crippen LogP contribution in [-0.4, -0.2) is 57.0 Å². The number of hydrogen-bond donors (Lipinski definition) is 3. The van der Waals surface area contributed by atoms with Gasteiger partial charge in [0.1, 0.15) is 5.69 Å². The lowest BCUT2D eigenvalue weighted by molar-refractivity contribution is 0.122. The summed E-state index contributed by atoms with van der Waals surface area (Å²) in [4.78, 5) is 11.0. The van der Waals surface area contributed by atoms with Crippen molar-refractivity contribution in [3.63, 3.8) is 0 Å². The molecule has 27 heavy (non-hydrogen) atoms. The van der Waals surface area contributed by atoms with Gasteiger partial charge in [-0.3, -0.25) is 0 Å². The maximum Gasteiger partial charge on any atom is 0.224 e. The molecule has 0 amide bonds. The summed E-state index contributed by atoms with van der Waals surface area (Å²) >= 11 is 0. The molecule has 3 heterocycles. The Kier molecular flexibility index (Phi) is 4.76. The lowest BCUT2D eigenvalue weighted by Crippen LogP contribution is -2.38. The Hall–Kier alpha value is -2.94. The summed E-state index contributed by atoms with van der Waals surface area (Å²) in [6, 6.07) is 5.95. The van der Waals surface area contributed by atoms with Crippen molar-refractivity contribution in [3.05, 3.63) is 23.8 Å². The van der Waals surface area contributed by atoms with Crippen molar-refractivity contribution >= 4 is 23.3 Å². The molecule has 1 aromatic heterocycles. The number of nitrogens with two attached hydrogens (primary N) is 1. The van der Waals surface area contributed by atoms with Crippen molar-refractivity contribution in [1.82, 2.24) is 9.97 Å². The molecule has 0 aliphatic carbocycles. The third-order valence-electron chi connectivity index (χ3n) is 4.82. The van der Waals surface area contributed by atoms with Gasteiger partial charge in [0.2, 0.25) is 5.95 Å². The Labute approximate surface area is 157 Å². The van der Waals surface area contributed by atoms with Gasteiger partial charge < -0.3 is 35.5 Å². The van der Waals surface area contributed by atoms with E-state index in [2.05, 4.69) is 25.5 Å². The highest BCUT2D eigenvalue weighted by Crippen LogP contribution is 2.39. The highest BCUT2D eigenvalue weighted by atomic mass is 16.5. The molecule has 2 aliphatic rings. The van der Waals surface area contributed by atoms with Crippen molar-refractivity contribution in [1.29, 1.82) is 0 Å². The molecule has 9 nitrogen and oxygen atoms in total. The van der Waals surface area contributed by atoms with Gasteiger partial charge in [-0.2, -0.15) is 9.97 Å². The van der Waals surface area contributed by atoms with E-state index in [-0.39, 0.29) is 12.0 Å². The summed E-state index contributed by atoms with van der Waals surface area (Å²) in [6.45, 7) is 3.55. The number of ether oxygens (including phenoxy) is 3. The molecule has 144 valence electrons. The van der Waals surface area contributed by atoms with Crippen molar-refractivity contribution in [2.45, 2.75) is 6.04 Å². The second kappa shape index (κ2) is 7.36. The van der Waals surface area contributed by atoms with Crippen molar-refractivity contribution in [2.24, 2.45) is 0 Å². The van der Waals surface area contributed by atoms with Crippen LogP contribution in [-0.2, 0) is 4.74 Å². The van der Waals surface area contributed by atoms with Gasteiger partial charge in [-0.05, 0) is 17.7 Å². The van der Waals surface area contributed by atoms with Crippen LogP contribution >= 0.6 is 0 Å². The number of rotatable bonds is 4. The van der Waals surface area contributed by atoms with Crippen LogP contribution < -0.4 is 30.7 Å². The lowest BCUT2D eigenvalue weighted by Gasteiger charge is -2.34. The second-order valence-electron chi connectivity index (χ2n) is 6.42. The van der Waals surface area contributed by atoms with E-state index in [1.54, 1.807) is 14.2 Å². The summed E-state index contributed by atoms with van der Waals surface area (Å²) < 4.78 is 16.2. The quantitative estimate of drug-likeness (QED) is 0.736. The van der Waals surface area contributed by atoms with E-state index in [0.29, 0.717) is 31.3 Å².